The Hall–Kier alpha value is -0.830. The first kappa shape index (κ1) is 13.2. The first-order valence-corrected chi connectivity index (χ1v) is 5.33. The smallest absolute Gasteiger partial charge is 0.216 e. The predicted octanol–water partition coefficient (Wildman–Crippen LogP) is 1.46. The number of carbonyl (C=O) groups excluding carboxylic acids is 1. The van der Waals surface area contributed by atoms with E-state index >= 15 is 0 Å². The zero-order chi connectivity index (χ0) is 10.6. The highest BCUT2D eigenvalue weighted by Crippen LogP contribution is 1.98. The van der Waals surface area contributed by atoms with E-state index in [2.05, 4.69) is 17.2 Å². The molecule has 1 amide bonds. The summed E-state index contributed by atoms with van der Waals surface area (Å²) in [6, 6.07) is 0. The fourth-order valence-electron chi connectivity index (χ4n) is 1.17. The molecule has 3 nitrogen and oxygen atoms in total. The van der Waals surface area contributed by atoms with Crippen LogP contribution >= 0.6 is 0 Å². The Morgan fingerprint density at radius 1 is 1.21 bits per heavy atom. The summed E-state index contributed by atoms with van der Waals surface area (Å²) < 4.78 is 0. The van der Waals surface area contributed by atoms with E-state index in [4.69, 9.17) is 0 Å². The molecule has 0 aliphatic carbocycles. The standard InChI is InChI=1S/C11H22N2O/c1-3-4-5-6-7-8-12-9-10-13-11(2)14/h3,12H,1,4-10H2,2H3,(H,13,14). The van der Waals surface area contributed by atoms with E-state index < -0.39 is 0 Å². The van der Waals surface area contributed by atoms with Crippen molar-refractivity contribution in [2.24, 2.45) is 0 Å². The van der Waals surface area contributed by atoms with Gasteiger partial charge >= 0.3 is 0 Å². The summed E-state index contributed by atoms with van der Waals surface area (Å²) in [5, 5.41) is 6.02. The number of allylic oxidation sites excluding steroid dienone is 1. The Labute approximate surface area is 87.0 Å². The van der Waals surface area contributed by atoms with E-state index in [9.17, 15) is 4.79 Å². The normalized spacial score (nSPS) is 9.79. The minimum absolute atomic E-state index is 0.0396. The van der Waals surface area contributed by atoms with Gasteiger partial charge in [0.2, 0.25) is 5.91 Å². The lowest BCUT2D eigenvalue weighted by atomic mass is 10.2. The zero-order valence-corrected chi connectivity index (χ0v) is 9.14. The van der Waals surface area contributed by atoms with Crippen LogP contribution in [0.3, 0.4) is 0 Å². The maximum atomic E-state index is 10.5. The van der Waals surface area contributed by atoms with E-state index in [-0.39, 0.29) is 5.91 Å². The number of nitrogens with one attached hydrogen (secondary N) is 2. The van der Waals surface area contributed by atoms with Crippen molar-refractivity contribution in [3.8, 4) is 0 Å². The van der Waals surface area contributed by atoms with Gasteiger partial charge in [0.05, 0.1) is 0 Å². The van der Waals surface area contributed by atoms with Crippen LogP contribution in [0.25, 0.3) is 0 Å². The molecule has 0 saturated carbocycles. The predicted molar refractivity (Wildman–Crippen MR) is 60.2 cm³/mol. The van der Waals surface area contributed by atoms with Crippen LogP contribution in [0, 0.1) is 0 Å². The third-order valence-corrected chi connectivity index (χ3v) is 1.94. The molecule has 0 aromatic rings. The van der Waals surface area contributed by atoms with Crippen molar-refractivity contribution < 1.29 is 4.79 Å². The number of amides is 1. The molecular formula is C11H22N2O. The zero-order valence-electron chi connectivity index (χ0n) is 9.14. The molecule has 0 aliphatic heterocycles. The second-order valence-corrected chi connectivity index (χ2v) is 3.37. The van der Waals surface area contributed by atoms with Crippen LogP contribution in [-0.4, -0.2) is 25.5 Å². The van der Waals surface area contributed by atoms with Gasteiger partial charge in [-0.15, -0.1) is 6.58 Å². The monoisotopic (exact) mass is 198 g/mol. The molecule has 14 heavy (non-hydrogen) atoms. The molecule has 0 spiro atoms. The van der Waals surface area contributed by atoms with E-state index in [0.717, 1.165) is 26.1 Å². The summed E-state index contributed by atoms with van der Waals surface area (Å²) in [6.45, 7) is 7.84. The van der Waals surface area contributed by atoms with Crippen molar-refractivity contribution in [1.82, 2.24) is 10.6 Å². The van der Waals surface area contributed by atoms with Gasteiger partial charge in [0.25, 0.3) is 0 Å². The molecule has 0 unspecified atom stereocenters. The Morgan fingerprint density at radius 2 is 2.00 bits per heavy atom. The molecule has 0 saturated heterocycles. The molecule has 2 N–H and O–H groups in total. The van der Waals surface area contributed by atoms with Gasteiger partial charge in [0, 0.05) is 20.0 Å². The quantitative estimate of drug-likeness (QED) is 0.435. The fourth-order valence-corrected chi connectivity index (χ4v) is 1.17. The minimum atomic E-state index is 0.0396. The van der Waals surface area contributed by atoms with Gasteiger partial charge in [0.1, 0.15) is 0 Å². The van der Waals surface area contributed by atoms with Gasteiger partial charge in [0.15, 0.2) is 0 Å². The molecule has 0 radical (unpaired) electrons. The lowest BCUT2D eigenvalue weighted by Gasteiger charge is -2.04. The van der Waals surface area contributed by atoms with E-state index in [0.29, 0.717) is 0 Å². The second-order valence-electron chi connectivity index (χ2n) is 3.37. The Balaban J connectivity index is 2.92. The van der Waals surface area contributed by atoms with Crippen LogP contribution < -0.4 is 10.6 Å². The molecule has 0 bridgehead atoms. The van der Waals surface area contributed by atoms with E-state index in [1.807, 2.05) is 6.08 Å². The Kier molecular flexibility index (Phi) is 9.64. The van der Waals surface area contributed by atoms with Gasteiger partial charge in [-0.1, -0.05) is 12.5 Å². The highest BCUT2D eigenvalue weighted by Gasteiger charge is 1.90. The van der Waals surface area contributed by atoms with Gasteiger partial charge in [-0.05, 0) is 25.8 Å². The van der Waals surface area contributed by atoms with E-state index in [1.54, 1.807) is 0 Å². The molecule has 0 aliphatic rings. The van der Waals surface area contributed by atoms with Crippen LogP contribution in [0.15, 0.2) is 12.7 Å². The maximum absolute atomic E-state index is 10.5. The summed E-state index contributed by atoms with van der Waals surface area (Å²) in [5.41, 5.74) is 0. The molecular weight excluding hydrogens is 176 g/mol. The average Bonchev–Trinajstić information content (AvgIpc) is 2.15. The maximum Gasteiger partial charge on any atom is 0.216 e. The SMILES string of the molecule is C=CCCCCCNCCNC(C)=O. The molecule has 0 aromatic heterocycles. The lowest BCUT2D eigenvalue weighted by molar-refractivity contribution is -0.118. The first-order chi connectivity index (χ1) is 6.77. The van der Waals surface area contributed by atoms with Gasteiger partial charge in [-0.3, -0.25) is 4.79 Å². The number of unbranched alkanes of at least 4 members (excludes halogenated alkanes) is 3. The number of carbonyl (C=O) groups is 1. The summed E-state index contributed by atoms with van der Waals surface area (Å²) in [6.07, 6.45) is 6.76. The molecule has 3 heteroatoms. The topological polar surface area (TPSA) is 41.1 Å². The molecule has 0 rings (SSSR count). The van der Waals surface area contributed by atoms with Crippen LogP contribution in [-0.2, 0) is 4.79 Å². The summed E-state index contributed by atoms with van der Waals surface area (Å²) in [7, 11) is 0. The van der Waals surface area contributed by atoms with Crippen molar-refractivity contribution in [3.63, 3.8) is 0 Å². The largest absolute Gasteiger partial charge is 0.355 e. The number of rotatable bonds is 9. The summed E-state index contributed by atoms with van der Waals surface area (Å²) in [5.74, 6) is 0.0396. The van der Waals surface area contributed by atoms with Crippen molar-refractivity contribution in [1.29, 1.82) is 0 Å². The van der Waals surface area contributed by atoms with Crippen LogP contribution in [0.5, 0.6) is 0 Å². The summed E-state index contributed by atoms with van der Waals surface area (Å²) in [4.78, 5) is 10.5. The molecule has 82 valence electrons. The van der Waals surface area contributed by atoms with Gasteiger partial charge in [-0.2, -0.15) is 0 Å². The highest BCUT2D eigenvalue weighted by atomic mass is 16.1. The Morgan fingerprint density at radius 3 is 2.64 bits per heavy atom. The minimum Gasteiger partial charge on any atom is -0.355 e. The van der Waals surface area contributed by atoms with Crippen molar-refractivity contribution >= 4 is 5.91 Å². The van der Waals surface area contributed by atoms with Crippen molar-refractivity contribution in [2.75, 3.05) is 19.6 Å². The number of hydrogen-bond acceptors (Lipinski definition) is 2. The van der Waals surface area contributed by atoms with E-state index in [1.165, 1.54) is 26.2 Å². The average molecular weight is 198 g/mol. The fraction of sp³-hybridized carbons (Fsp3) is 0.727. The highest BCUT2D eigenvalue weighted by molar-refractivity contribution is 5.72. The third-order valence-electron chi connectivity index (χ3n) is 1.94. The molecule has 0 heterocycles. The third kappa shape index (κ3) is 11.2. The van der Waals surface area contributed by atoms with Crippen LogP contribution in [0.4, 0.5) is 0 Å². The Bertz CT molecular complexity index is 157. The van der Waals surface area contributed by atoms with Crippen molar-refractivity contribution in [3.05, 3.63) is 12.7 Å². The summed E-state index contributed by atoms with van der Waals surface area (Å²) >= 11 is 0. The van der Waals surface area contributed by atoms with Gasteiger partial charge in [-0.25, -0.2) is 0 Å². The van der Waals surface area contributed by atoms with Crippen LogP contribution in [0.2, 0.25) is 0 Å². The molecule has 0 aromatic carbocycles. The second kappa shape index (κ2) is 10.3. The van der Waals surface area contributed by atoms with Gasteiger partial charge < -0.3 is 10.6 Å². The lowest BCUT2D eigenvalue weighted by Crippen LogP contribution is -2.30. The molecule has 0 fully saturated rings. The van der Waals surface area contributed by atoms with Crippen molar-refractivity contribution in [2.45, 2.75) is 32.6 Å². The first-order valence-electron chi connectivity index (χ1n) is 5.33. The molecule has 0 atom stereocenters. The van der Waals surface area contributed by atoms with Crippen LogP contribution in [0.1, 0.15) is 32.6 Å². The number of hydrogen-bond donors (Lipinski definition) is 2.